The summed E-state index contributed by atoms with van der Waals surface area (Å²) in [6.45, 7) is 7.62. The molecule has 0 radical (unpaired) electrons. The number of ether oxygens (including phenoxy) is 1. The van der Waals surface area contributed by atoms with Crippen molar-refractivity contribution in [1.82, 2.24) is 0 Å². The van der Waals surface area contributed by atoms with Crippen LogP contribution in [0.25, 0.3) is 0 Å². The van der Waals surface area contributed by atoms with Crippen LogP contribution in [0.5, 0.6) is 5.75 Å². The standard InChI is InChI=1S/C17H26F2O2/c1-5-6-11-21-15-9-7-14(8-10-15)17(20,12(2)3)13(4)16(18)19/h7-10,12-13,16,20H,5-6,11H2,1-4H3. The Morgan fingerprint density at radius 2 is 1.71 bits per heavy atom. The van der Waals surface area contributed by atoms with E-state index in [1.165, 1.54) is 6.92 Å². The average Bonchev–Trinajstić information content (AvgIpc) is 2.46. The number of benzene rings is 1. The second kappa shape index (κ2) is 7.74. The molecule has 2 unspecified atom stereocenters. The number of halogens is 2. The van der Waals surface area contributed by atoms with Crippen LogP contribution in [0.3, 0.4) is 0 Å². The van der Waals surface area contributed by atoms with Gasteiger partial charge >= 0.3 is 0 Å². The summed E-state index contributed by atoms with van der Waals surface area (Å²) in [7, 11) is 0. The monoisotopic (exact) mass is 300 g/mol. The molecule has 0 aliphatic heterocycles. The second-order valence-corrected chi connectivity index (χ2v) is 5.83. The summed E-state index contributed by atoms with van der Waals surface area (Å²) in [4.78, 5) is 0. The van der Waals surface area contributed by atoms with E-state index in [0.29, 0.717) is 17.9 Å². The Morgan fingerprint density at radius 3 is 2.14 bits per heavy atom. The lowest BCUT2D eigenvalue weighted by Gasteiger charge is -2.38. The zero-order chi connectivity index (χ0) is 16.0. The van der Waals surface area contributed by atoms with Crippen molar-refractivity contribution in [1.29, 1.82) is 0 Å². The second-order valence-electron chi connectivity index (χ2n) is 5.83. The largest absolute Gasteiger partial charge is 0.494 e. The van der Waals surface area contributed by atoms with Gasteiger partial charge in [-0.2, -0.15) is 0 Å². The summed E-state index contributed by atoms with van der Waals surface area (Å²) in [5.74, 6) is -0.749. The van der Waals surface area contributed by atoms with Gasteiger partial charge in [0.1, 0.15) is 5.75 Å². The van der Waals surface area contributed by atoms with Crippen molar-refractivity contribution in [3.63, 3.8) is 0 Å². The van der Waals surface area contributed by atoms with Crippen molar-refractivity contribution in [2.45, 2.75) is 52.6 Å². The first-order valence-corrected chi connectivity index (χ1v) is 7.57. The highest BCUT2D eigenvalue weighted by atomic mass is 19.3. The van der Waals surface area contributed by atoms with Crippen LogP contribution in [0.1, 0.15) is 46.1 Å². The van der Waals surface area contributed by atoms with Gasteiger partial charge in [0, 0.05) is 0 Å². The summed E-state index contributed by atoms with van der Waals surface area (Å²) < 4.78 is 31.7. The topological polar surface area (TPSA) is 29.5 Å². The molecule has 0 heterocycles. The highest BCUT2D eigenvalue weighted by molar-refractivity contribution is 5.32. The third-order valence-corrected chi connectivity index (χ3v) is 4.04. The highest BCUT2D eigenvalue weighted by Gasteiger charge is 2.43. The normalized spacial score (nSPS) is 16.0. The lowest BCUT2D eigenvalue weighted by Crippen LogP contribution is -2.42. The van der Waals surface area contributed by atoms with Crippen LogP contribution in [-0.4, -0.2) is 18.1 Å². The molecule has 0 amide bonds. The van der Waals surface area contributed by atoms with Gasteiger partial charge in [-0.3, -0.25) is 0 Å². The first-order valence-electron chi connectivity index (χ1n) is 7.57. The van der Waals surface area contributed by atoms with Crippen LogP contribution in [0.4, 0.5) is 8.78 Å². The van der Waals surface area contributed by atoms with Gasteiger partial charge in [-0.15, -0.1) is 0 Å². The Labute approximate surface area is 126 Å². The maximum Gasteiger partial charge on any atom is 0.244 e. The minimum atomic E-state index is -2.57. The van der Waals surface area contributed by atoms with Crippen molar-refractivity contribution >= 4 is 0 Å². The van der Waals surface area contributed by atoms with E-state index in [-0.39, 0.29) is 5.92 Å². The summed E-state index contributed by atoms with van der Waals surface area (Å²) >= 11 is 0. The summed E-state index contributed by atoms with van der Waals surface area (Å²) in [6, 6.07) is 6.83. The summed E-state index contributed by atoms with van der Waals surface area (Å²) in [6.07, 6.45) is -0.546. The first-order chi connectivity index (χ1) is 9.83. The first kappa shape index (κ1) is 17.9. The maximum atomic E-state index is 13.1. The third kappa shape index (κ3) is 4.16. The third-order valence-electron chi connectivity index (χ3n) is 4.04. The van der Waals surface area contributed by atoms with E-state index in [0.717, 1.165) is 12.8 Å². The number of alkyl halides is 2. The van der Waals surface area contributed by atoms with Crippen molar-refractivity contribution in [2.24, 2.45) is 11.8 Å². The van der Waals surface area contributed by atoms with Crippen molar-refractivity contribution < 1.29 is 18.6 Å². The van der Waals surface area contributed by atoms with Gasteiger partial charge in [-0.05, 0) is 30.0 Å². The van der Waals surface area contributed by atoms with Gasteiger partial charge < -0.3 is 9.84 Å². The number of hydrogen-bond donors (Lipinski definition) is 1. The average molecular weight is 300 g/mol. The Bertz CT molecular complexity index is 417. The van der Waals surface area contributed by atoms with Gasteiger partial charge in [-0.25, -0.2) is 8.78 Å². The minimum absolute atomic E-state index is 0.312. The summed E-state index contributed by atoms with van der Waals surface area (Å²) in [5.41, 5.74) is -1.04. The SMILES string of the molecule is CCCCOc1ccc(C(O)(C(C)C)C(C)C(F)F)cc1. The van der Waals surface area contributed by atoms with Gasteiger partial charge in [0.15, 0.2) is 0 Å². The fraction of sp³-hybridized carbons (Fsp3) is 0.647. The van der Waals surface area contributed by atoms with E-state index in [1.807, 2.05) is 0 Å². The molecule has 0 saturated carbocycles. The predicted octanol–water partition coefficient (Wildman–Crippen LogP) is 4.61. The fourth-order valence-electron chi connectivity index (χ4n) is 2.47. The Kier molecular flexibility index (Phi) is 6.59. The van der Waals surface area contributed by atoms with Gasteiger partial charge in [-0.1, -0.05) is 46.2 Å². The fourth-order valence-corrected chi connectivity index (χ4v) is 2.47. The molecule has 0 aliphatic rings. The van der Waals surface area contributed by atoms with Crippen LogP contribution >= 0.6 is 0 Å². The molecule has 1 rings (SSSR count). The predicted molar refractivity (Wildman–Crippen MR) is 80.7 cm³/mol. The highest BCUT2D eigenvalue weighted by Crippen LogP contribution is 2.40. The van der Waals surface area contributed by atoms with Crippen molar-refractivity contribution in [3.05, 3.63) is 29.8 Å². The van der Waals surface area contributed by atoms with Crippen molar-refractivity contribution in [3.8, 4) is 5.75 Å². The Morgan fingerprint density at radius 1 is 1.14 bits per heavy atom. The molecule has 0 fully saturated rings. The molecule has 1 aromatic rings. The van der Waals surface area contributed by atoms with Crippen LogP contribution < -0.4 is 4.74 Å². The van der Waals surface area contributed by atoms with Gasteiger partial charge in [0.2, 0.25) is 6.43 Å². The molecule has 4 heteroatoms. The van der Waals surface area contributed by atoms with Crippen LogP contribution in [0.2, 0.25) is 0 Å². The lowest BCUT2D eigenvalue weighted by atomic mass is 9.74. The molecule has 1 aromatic carbocycles. The van der Waals surface area contributed by atoms with Crippen molar-refractivity contribution in [2.75, 3.05) is 6.61 Å². The Balaban J connectivity index is 2.95. The number of unbranched alkanes of at least 4 members (excludes halogenated alkanes) is 1. The van der Waals surface area contributed by atoms with Gasteiger partial charge in [0.05, 0.1) is 18.1 Å². The smallest absolute Gasteiger partial charge is 0.244 e. The minimum Gasteiger partial charge on any atom is -0.494 e. The molecular weight excluding hydrogens is 274 g/mol. The van der Waals surface area contributed by atoms with E-state index in [9.17, 15) is 13.9 Å². The van der Waals surface area contributed by atoms with E-state index in [1.54, 1.807) is 38.1 Å². The van der Waals surface area contributed by atoms with Crippen LogP contribution in [-0.2, 0) is 5.60 Å². The number of aliphatic hydroxyl groups is 1. The molecule has 0 aromatic heterocycles. The molecule has 0 spiro atoms. The lowest BCUT2D eigenvalue weighted by molar-refractivity contribution is -0.112. The molecule has 2 nitrogen and oxygen atoms in total. The quantitative estimate of drug-likeness (QED) is 0.710. The zero-order valence-corrected chi connectivity index (χ0v) is 13.3. The number of rotatable bonds is 8. The molecule has 0 aliphatic carbocycles. The molecule has 0 bridgehead atoms. The summed E-state index contributed by atoms with van der Waals surface area (Å²) in [5, 5.41) is 10.8. The van der Waals surface area contributed by atoms with E-state index in [4.69, 9.17) is 4.74 Å². The van der Waals surface area contributed by atoms with Crippen LogP contribution in [0.15, 0.2) is 24.3 Å². The molecule has 2 atom stereocenters. The van der Waals surface area contributed by atoms with E-state index < -0.39 is 17.9 Å². The molecule has 120 valence electrons. The molecule has 21 heavy (non-hydrogen) atoms. The maximum absolute atomic E-state index is 13.1. The number of hydrogen-bond acceptors (Lipinski definition) is 2. The molecule has 1 N–H and O–H groups in total. The van der Waals surface area contributed by atoms with E-state index >= 15 is 0 Å². The molecular formula is C17H26F2O2. The van der Waals surface area contributed by atoms with Crippen LogP contribution in [0, 0.1) is 11.8 Å². The Hall–Kier alpha value is -1.16. The molecule has 0 saturated heterocycles. The van der Waals surface area contributed by atoms with E-state index in [2.05, 4.69) is 6.92 Å². The zero-order valence-electron chi connectivity index (χ0n) is 13.3. The van der Waals surface area contributed by atoms with Gasteiger partial charge in [0.25, 0.3) is 0 Å².